The van der Waals surface area contributed by atoms with E-state index in [1.54, 1.807) is 48.5 Å². The maximum Gasteiger partial charge on any atom is 0.352 e. The number of para-hydroxylation sites is 1. The minimum atomic E-state index is -0.949. The number of nitrogens with zero attached hydrogens (tertiary/aromatic N) is 2. The van der Waals surface area contributed by atoms with Crippen LogP contribution >= 0.6 is 11.6 Å². The van der Waals surface area contributed by atoms with Crippen molar-refractivity contribution < 1.29 is 28.8 Å². The lowest BCUT2D eigenvalue weighted by Gasteiger charge is -2.33. The average molecular weight is 495 g/mol. The van der Waals surface area contributed by atoms with Gasteiger partial charge in [0.15, 0.2) is 0 Å². The summed E-state index contributed by atoms with van der Waals surface area (Å²) in [6.07, 6.45) is 0.152. The third-order valence-electron chi connectivity index (χ3n) is 5.89. The topological polar surface area (TPSA) is 129 Å². The number of fused-ring (bicyclic) bond motifs is 2. The lowest BCUT2D eigenvalue weighted by atomic mass is 9.97. The van der Waals surface area contributed by atoms with Gasteiger partial charge in [0.25, 0.3) is 17.7 Å². The summed E-state index contributed by atoms with van der Waals surface area (Å²) in [4.78, 5) is 71.4. The molecule has 0 bridgehead atoms. The van der Waals surface area contributed by atoms with Crippen molar-refractivity contribution in [2.24, 2.45) is 0 Å². The van der Waals surface area contributed by atoms with Crippen LogP contribution in [0.1, 0.15) is 28.9 Å². The van der Waals surface area contributed by atoms with Crippen LogP contribution in [0, 0.1) is 0 Å². The zero-order valence-electron chi connectivity index (χ0n) is 18.2. The number of hydroxylamine groups is 2. The second-order valence-electron chi connectivity index (χ2n) is 8.24. The lowest BCUT2D eigenvalue weighted by Crippen LogP contribution is -2.54. The van der Waals surface area contributed by atoms with Gasteiger partial charge in [0, 0.05) is 40.9 Å². The van der Waals surface area contributed by atoms with E-state index in [-0.39, 0.29) is 25.0 Å². The van der Waals surface area contributed by atoms with Gasteiger partial charge in [-0.05, 0) is 35.9 Å². The number of rotatable bonds is 5. The summed E-state index contributed by atoms with van der Waals surface area (Å²) in [7, 11) is 0. The summed E-state index contributed by atoms with van der Waals surface area (Å²) in [6.45, 7) is -0.538. The molecule has 3 aromatic rings. The molecule has 2 N–H and O–H groups in total. The number of hydrogen-bond acceptors (Lipinski definition) is 6. The van der Waals surface area contributed by atoms with Crippen LogP contribution in [0.15, 0.2) is 48.5 Å². The van der Waals surface area contributed by atoms with E-state index in [4.69, 9.17) is 16.4 Å². The summed E-state index contributed by atoms with van der Waals surface area (Å²) >= 11 is 6.01. The van der Waals surface area contributed by atoms with Gasteiger partial charge < -0.3 is 15.1 Å². The second-order valence-corrected chi connectivity index (χ2v) is 8.68. The Balaban J connectivity index is 1.35. The van der Waals surface area contributed by atoms with E-state index in [0.29, 0.717) is 15.8 Å². The first-order chi connectivity index (χ1) is 16.8. The number of carbonyl (C=O) groups excluding carboxylic acids is 5. The molecule has 11 heteroatoms. The summed E-state index contributed by atoms with van der Waals surface area (Å²) in [5.74, 6) is -3.19. The van der Waals surface area contributed by atoms with E-state index in [0.717, 1.165) is 16.5 Å². The van der Waals surface area contributed by atoms with Crippen molar-refractivity contribution in [2.45, 2.75) is 25.3 Å². The van der Waals surface area contributed by atoms with Gasteiger partial charge in [-0.1, -0.05) is 29.8 Å². The highest BCUT2D eigenvalue weighted by Gasteiger charge is 2.37. The number of benzene rings is 2. The zero-order valence-corrected chi connectivity index (χ0v) is 19.0. The number of carbonyl (C=O) groups is 5. The molecule has 1 fully saturated rings. The normalized spacial score (nSPS) is 17.6. The van der Waals surface area contributed by atoms with E-state index in [1.807, 2.05) is 0 Å². The molecule has 0 radical (unpaired) electrons. The molecule has 2 aliphatic heterocycles. The number of hydrogen-bond donors (Lipinski definition) is 2. The Morgan fingerprint density at radius 1 is 1.06 bits per heavy atom. The van der Waals surface area contributed by atoms with Crippen LogP contribution in [0.5, 0.6) is 0 Å². The Hall–Kier alpha value is -4.18. The minimum Gasteiger partial charge on any atom is -0.351 e. The van der Waals surface area contributed by atoms with Crippen molar-refractivity contribution in [3.63, 3.8) is 0 Å². The molecule has 1 aromatic heterocycles. The largest absolute Gasteiger partial charge is 0.352 e. The lowest BCUT2D eigenvalue weighted by molar-refractivity contribution is -0.196. The molecule has 1 unspecified atom stereocenters. The molecule has 4 amide bonds. The van der Waals surface area contributed by atoms with Crippen LogP contribution in [0.2, 0.25) is 5.02 Å². The average Bonchev–Trinajstić information content (AvgIpc) is 3.39. The second kappa shape index (κ2) is 8.88. The highest BCUT2D eigenvalue weighted by Crippen LogP contribution is 2.28. The van der Waals surface area contributed by atoms with Gasteiger partial charge in [0.1, 0.15) is 18.3 Å². The quantitative estimate of drug-likeness (QED) is 0.523. The molecule has 0 aliphatic carbocycles. The van der Waals surface area contributed by atoms with Crippen molar-refractivity contribution >= 4 is 57.8 Å². The Kier molecular flexibility index (Phi) is 5.73. The van der Waals surface area contributed by atoms with Crippen LogP contribution in [0.4, 0.5) is 5.69 Å². The number of halogens is 1. The van der Waals surface area contributed by atoms with Crippen LogP contribution in [-0.4, -0.2) is 52.2 Å². The molecule has 35 heavy (non-hydrogen) atoms. The summed E-state index contributed by atoms with van der Waals surface area (Å²) in [5.41, 5.74) is 2.20. The number of amides is 4. The molecular formula is C24H19ClN4O6. The number of anilines is 1. The summed E-state index contributed by atoms with van der Waals surface area (Å²) < 4.78 is 0. The van der Waals surface area contributed by atoms with Crippen molar-refractivity contribution in [1.82, 2.24) is 15.4 Å². The SMILES string of the molecule is O=C(CN1C(=O)C(NC(=O)c2cc3cc(Cl)ccc3[nH]2)Cc2ccccc21)ON1C(=O)CCC1=O. The van der Waals surface area contributed by atoms with Gasteiger partial charge in [0.2, 0.25) is 5.91 Å². The zero-order chi connectivity index (χ0) is 24.7. The van der Waals surface area contributed by atoms with Gasteiger partial charge in [-0.2, -0.15) is 0 Å². The summed E-state index contributed by atoms with van der Waals surface area (Å²) in [6, 6.07) is 12.8. The van der Waals surface area contributed by atoms with Gasteiger partial charge >= 0.3 is 5.97 Å². The van der Waals surface area contributed by atoms with E-state index < -0.39 is 42.2 Å². The molecule has 2 aliphatic rings. The van der Waals surface area contributed by atoms with Gasteiger partial charge in [-0.25, -0.2) is 4.79 Å². The molecular weight excluding hydrogens is 476 g/mol. The van der Waals surface area contributed by atoms with Crippen LogP contribution in [0.3, 0.4) is 0 Å². The molecule has 0 spiro atoms. The maximum atomic E-state index is 13.3. The van der Waals surface area contributed by atoms with Gasteiger partial charge in [-0.15, -0.1) is 5.06 Å². The molecule has 1 saturated heterocycles. The number of aromatic amines is 1. The Labute approximate surface area is 203 Å². The van der Waals surface area contributed by atoms with Crippen molar-refractivity contribution in [1.29, 1.82) is 0 Å². The van der Waals surface area contributed by atoms with E-state index >= 15 is 0 Å². The fraction of sp³-hybridized carbons (Fsp3) is 0.208. The molecule has 2 aromatic carbocycles. The van der Waals surface area contributed by atoms with Crippen molar-refractivity contribution in [3.8, 4) is 0 Å². The molecule has 1 atom stereocenters. The highest BCUT2D eigenvalue weighted by molar-refractivity contribution is 6.31. The third kappa shape index (κ3) is 4.35. The molecule has 0 saturated carbocycles. The Morgan fingerprint density at radius 2 is 1.80 bits per heavy atom. The molecule has 3 heterocycles. The first kappa shape index (κ1) is 22.6. The third-order valence-corrected chi connectivity index (χ3v) is 6.12. The van der Waals surface area contributed by atoms with Crippen molar-refractivity contribution in [2.75, 3.05) is 11.4 Å². The van der Waals surface area contributed by atoms with Crippen LogP contribution in [0.25, 0.3) is 10.9 Å². The fourth-order valence-electron chi connectivity index (χ4n) is 4.22. The number of aromatic nitrogens is 1. The smallest absolute Gasteiger partial charge is 0.351 e. The van der Waals surface area contributed by atoms with E-state index in [1.165, 1.54) is 4.90 Å². The Morgan fingerprint density at radius 3 is 2.57 bits per heavy atom. The number of imide groups is 1. The van der Waals surface area contributed by atoms with E-state index in [2.05, 4.69) is 10.3 Å². The van der Waals surface area contributed by atoms with Crippen LogP contribution < -0.4 is 10.2 Å². The first-order valence-corrected chi connectivity index (χ1v) is 11.2. The minimum absolute atomic E-state index is 0.0361. The molecule has 5 rings (SSSR count). The monoisotopic (exact) mass is 494 g/mol. The van der Waals surface area contributed by atoms with Gasteiger partial charge in [-0.3, -0.25) is 24.1 Å². The van der Waals surface area contributed by atoms with Gasteiger partial charge in [0.05, 0.1) is 0 Å². The standard InChI is InChI=1S/C24H19ClN4O6/c25-15-5-6-16-14(9-15)11-17(26-16)23(33)27-18-10-13-3-1-2-4-19(13)28(24(18)34)12-22(32)35-29-20(30)7-8-21(29)31/h1-6,9,11,18,26H,7-8,10,12H2,(H,27,33). The number of nitrogens with one attached hydrogen (secondary N) is 2. The molecule has 10 nitrogen and oxygen atoms in total. The maximum absolute atomic E-state index is 13.3. The van der Waals surface area contributed by atoms with E-state index in [9.17, 15) is 24.0 Å². The number of H-pyrrole nitrogens is 1. The van der Waals surface area contributed by atoms with Crippen LogP contribution in [-0.2, 0) is 30.4 Å². The predicted octanol–water partition coefficient (Wildman–Crippen LogP) is 2.12. The molecule has 178 valence electrons. The Bertz CT molecular complexity index is 1380. The summed E-state index contributed by atoms with van der Waals surface area (Å²) in [5, 5.41) is 4.44. The first-order valence-electron chi connectivity index (χ1n) is 10.8. The highest BCUT2D eigenvalue weighted by atomic mass is 35.5. The van der Waals surface area contributed by atoms with Crippen molar-refractivity contribution in [3.05, 3.63) is 64.8 Å². The predicted molar refractivity (Wildman–Crippen MR) is 124 cm³/mol. The fourth-order valence-corrected chi connectivity index (χ4v) is 4.40.